The van der Waals surface area contributed by atoms with E-state index in [1.807, 2.05) is 0 Å². The van der Waals surface area contributed by atoms with Crippen molar-refractivity contribution in [2.75, 3.05) is 25.4 Å². The summed E-state index contributed by atoms with van der Waals surface area (Å²) in [5.41, 5.74) is 6.79. The molecule has 0 aliphatic carbocycles. The van der Waals surface area contributed by atoms with Gasteiger partial charge in [-0.2, -0.15) is 4.31 Å². The quantitative estimate of drug-likeness (QED) is 0.742. The van der Waals surface area contributed by atoms with Crippen LogP contribution < -0.4 is 11.1 Å². The summed E-state index contributed by atoms with van der Waals surface area (Å²) in [5.74, 6) is 0.110. The van der Waals surface area contributed by atoms with Crippen LogP contribution in [0.1, 0.15) is 23.2 Å². The number of sulfonamides is 1. The van der Waals surface area contributed by atoms with Gasteiger partial charge in [-0.3, -0.25) is 4.79 Å². The predicted molar refractivity (Wildman–Crippen MR) is 108 cm³/mol. The first-order valence-electron chi connectivity index (χ1n) is 8.66. The molecule has 1 amide bonds. The van der Waals surface area contributed by atoms with Crippen LogP contribution in [-0.4, -0.2) is 38.3 Å². The highest BCUT2D eigenvalue weighted by molar-refractivity contribution is 7.89. The molecule has 1 fully saturated rings. The second-order valence-electron chi connectivity index (χ2n) is 6.50. The molecule has 8 heteroatoms. The average Bonchev–Trinajstić information content (AvgIpc) is 2.67. The number of nitrogens with zero attached hydrogens (tertiary/aromatic N) is 1. The number of rotatable bonds is 5. The van der Waals surface area contributed by atoms with Gasteiger partial charge in [0.2, 0.25) is 10.0 Å². The van der Waals surface area contributed by atoms with Crippen LogP contribution in [0.15, 0.2) is 59.5 Å². The third kappa shape index (κ3) is 5.22. The number of benzene rings is 2. The van der Waals surface area contributed by atoms with Crippen LogP contribution in [0.25, 0.3) is 0 Å². The van der Waals surface area contributed by atoms with Crippen molar-refractivity contribution >= 4 is 34.0 Å². The molecule has 0 spiro atoms. The summed E-state index contributed by atoms with van der Waals surface area (Å²) >= 11 is 0. The molecule has 2 aromatic carbocycles. The zero-order chi connectivity index (χ0) is 18.6. The summed E-state index contributed by atoms with van der Waals surface area (Å²) < 4.78 is 26.8. The summed E-state index contributed by atoms with van der Waals surface area (Å²) in [5, 5.41) is 2.92. The fraction of sp³-hybridized carbons (Fsp3) is 0.316. The molecule has 146 valence electrons. The van der Waals surface area contributed by atoms with E-state index in [2.05, 4.69) is 5.32 Å². The number of nitrogens with one attached hydrogen (secondary N) is 1. The minimum atomic E-state index is -3.43. The third-order valence-electron chi connectivity index (χ3n) is 4.65. The van der Waals surface area contributed by atoms with Gasteiger partial charge in [-0.05, 0) is 49.1 Å². The second kappa shape index (κ2) is 9.21. The lowest BCUT2D eigenvalue weighted by molar-refractivity contribution is 0.0941. The number of amides is 1. The maximum Gasteiger partial charge on any atom is 0.251 e. The lowest BCUT2D eigenvalue weighted by Crippen LogP contribution is -2.41. The summed E-state index contributed by atoms with van der Waals surface area (Å²) in [6.45, 7) is 1.47. The van der Waals surface area contributed by atoms with Crippen LogP contribution in [0, 0.1) is 5.92 Å². The van der Waals surface area contributed by atoms with Crippen molar-refractivity contribution in [2.45, 2.75) is 17.7 Å². The maximum absolute atomic E-state index is 12.6. The van der Waals surface area contributed by atoms with E-state index < -0.39 is 10.0 Å². The molecule has 0 aromatic heterocycles. The smallest absolute Gasteiger partial charge is 0.251 e. The lowest BCUT2D eigenvalue weighted by atomic mass is 9.98. The normalized spacial score (nSPS) is 15.7. The molecule has 1 saturated heterocycles. The van der Waals surface area contributed by atoms with Gasteiger partial charge in [-0.15, -0.1) is 12.4 Å². The predicted octanol–water partition coefficient (Wildman–Crippen LogP) is 2.52. The first-order valence-corrected chi connectivity index (χ1v) is 10.1. The molecule has 3 rings (SSSR count). The van der Waals surface area contributed by atoms with E-state index in [-0.39, 0.29) is 24.2 Å². The Morgan fingerprint density at radius 1 is 1.07 bits per heavy atom. The van der Waals surface area contributed by atoms with Crippen LogP contribution in [0.3, 0.4) is 0 Å². The number of hydrogen-bond acceptors (Lipinski definition) is 4. The molecule has 1 aliphatic rings. The number of anilines is 1. The zero-order valence-electron chi connectivity index (χ0n) is 14.9. The maximum atomic E-state index is 12.6. The van der Waals surface area contributed by atoms with Gasteiger partial charge in [0.1, 0.15) is 0 Å². The molecule has 27 heavy (non-hydrogen) atoms. The highest BCUT2D eigenvalue weighted by Crippen LogP contribution is 2.23. The van der Waals surface area contributed by atoms with Crippen LogP contribution in [0.5, 0.6) is 0 Å². The molecule has 3 N–H and O–H groups in total. The van der Waals surface area contributed by atoms with Crippen molar-refractivity contribution in [3.8, 4) is 0 Å². The summed E-state index contributed by atoms with van der Waals surface area (Å²) in [6.07, 6.45) is 1.45. The number of carbonyl (C=O) groups is 1. The molecule has 0 bridgehead atoms. The molecule has 0 unspecified atom stereocenters. The number of piperidine rings is 1. The van der Waals surface area contributed by atoms with Crippen molar-refractivity contribution in [3.63, 3.8) is 0 Å². The number of halogens is 1. The number of hydrogen-bond donors (Lipinski definition) is 2. The molecule has 2 aromatic rings. The fourth-order valence-corrected chi connectivity index (χ4v) is 4.61. The van der Waals surface area contributed by atoms with E-state index in [4.69, 9.17) is 5.73 Å². The first-order chi connectivity index (χ1) is 12.5. The van der Waals surface area contributed by atoms with Crippen molar-refractivity contribution in [1.82, 2.24) is 9.62 Å². The first kappa shape index (κ1) is 21.2. The Morgan fingerprint density at radius 3 is 2.37 bits per heavy atom. The Morgan fingerprint density at radius 2 is 1.74 bits per heavy atom. The highest BCUT2D eigenvalue weighted by atomic mass is 35.5. The molecular formula is C19H24ClN3O3S. The molecule has 0 saturated carbocycles. The van der Waals surface area contributed by atoms with E-state index in [1.165, 1.54) is 4.31 Å². The van der Waals surface area contributed by atoms with Crippen molar-refractivity contribution in [2.24, 2.45) is 5.92 Å². The molecule has 0 radical (unpaired) electrons. The van der Waals surface area contributed by atoms with E-state index in [9.17, 15) is 13.2 Å². The lowest BCUT2D eigenvalue weighted by Gasteiger charge is -2.31. The van der Waals surface area contributed by atoms with Crippen molar-refractivity contribution in [1.29, 1.82) is 0 Å². The average molecular weight is 410 g/mol. The van der Waals surface area contributed by atoms with E-state index >= 15 is 0 Å². The van der Waals surface area contributed by atoms with Gasteiger partial charge in [0.05, 0.1) is 4.90 Å². The van der Waals surface area contributed by atoms with Gasteiger partial charge in [-0.25, -0.2) is 8.42 Å². The Labute approximate surface area is 166 Å². The number of nitrogens with two attached hydrogens (primary N) is 1. The summed E-state index contributed by atoms with van der Waals surface area (Å²) in [4.78, 5) is 12.5. The molecule has 1 heterocycles. The van der Waals surface area contributed by atoms with Gasteiger partial charge in [-0.1, -0.05) is 24.3 Å². The van der Waals surface area contributed by atoms with E-state index in [1.54, 1.807) is 54.6 Å². The Balaban J connectivity index is 0.00000261. The third-order valence-corrected chi connectivity index (χ3v) is 6.57. The van der Waals surface area contributed by atoms with Crippen LogP contribution in [-0.2, 0) is 10.0 Å². The SMILES string of the molecule is Cl.Nc1cccc(C(=O)NCC2CCN(S(=O)(=O)c3ccccc3)CC2)c1. The van der Waals surface area contributed by atoms with Crippen molar-refractivity contribution < 1.29 is 13.2 Å². The van der Waals surface area contributed by atoms with Crippen molar-refractivity contribution in [3.05, 3.63) is 60.2 Å². The standard InChI is InChI=1S/C19H23N3O3S.ClH/c20-17-6-4-5-16(13-17)19(23)21-14-15-9-11-22(12-10-15)26(24,25)18-7-2-1-3-8-18;/h1-8,13,15H,9-12,14,20H2,(H,21,23);1H. The Hall–Kier alpha value is -2.09. The molecule has 1 aliphatic heterocycles. The zero-order valence-corrected chi connectivity index (χ0v) is 16.5. The van der Waals surface area contributed by atoms with Gasteiger partial charge in [0, 0.05) is 30.9 Å². The summed E-state index contributed by atoms with van der Waals surface area (Å²) in [6, 6.07) is 15.3. The topological polar surface area (TPSA) is 92.5 Å². The monoisotopic (exact) mass is 409 g/mol. The van der Waals surface area contributed by atoms with Crippen LogP contribution in [0.2, 0.25) is 0 Å². The minimum Gasteiger partial charge on any atom is -0.399 e. The number of nitrogen functional groups attached to an aromatic ring is 1. The fourth-order valence-electron chi connectivity index (χ4n) is 3.11. The molecular weight excluding hydrogens is 386 g/mol. The number of carbonyl (C=O) groups excluding carboxylic acids is 1. The van der Waals surface area contributed by atoms with Crippen LogP contribution in [0.4, 0.5) is 5.69 Å². The Kier molecular flexibility index (Phi) is 7.24. The Bertz CT molecular complexity index is 867. The van der Waals surface area contributed by atoms with Gasteiger partial charge >= 0.3 is 0 Å². The second-order valence-corrected chi connectivity index (χ2v) is 8.43. The summed E-state index contributed by atoms with van der Waals surface area (Å²) in [7, 11) is -3.43. The van der Waals surface area contributed by atoms with Crippen LogP contribution >= 0.6 is 12.4 Å². The van der Waals surface area contributed by atoms with Gasteiger partial charge in [0.25, 0.3) is 5.91 Å². The molecule has 0 atom stereocenters. The molecule has 6 nitrogen and oxygen atoms in total. The largest absolute Gasteiger partial charge is 0.399 e. The van der Waals surface area contributed by atoms with Gasteiger partial charge in [0.15, 0.2) is 0 Å². The highest BCUT2D eigenvalue weighted by Gasteiger charge is 2.29. The van der Waals surface area contributed by atoms with E-state index in [0.717, 1.165) is 12.8 Å². The van der Waals surface area contributed by atoms with E-state index in [0.29, 0.717) is 35.8 Å². The minimum absolute atomic E-state index is 0. The van der Waals surface area contributed by atoms with Gasteiger partial charge < -0.3 is 11.1 Å².